The summed E-state index contributed by atoms with van der Waals surface area (Å²) in [6.45, 7) is 1.98. The summed E-state index contributed by atoms with van der Waals surface area (Å²) in [5.41, 5.74) is 1.01. The van der Waals surface area contributed by atoms with Crippen molar-refractivity contribution in [3.05, 3.63) is 70.7 Å². The number of halogens is 1. The van der Waals surface area contributed by atoms with Crippen LogP contribution < -0.4 is 0 Å². The first-order valence-corrected chi connectivity index (χ1v) is 6.55. The van der Waals surface area contributed by atoms with E-state index in [-0.39, 0.29) is 0 Å². The summed E-state index contributed by atoms with van der Waals surface area (Å²) in [4.78, 5) is 0. The van der Waals surface area contributed by atoms with E-state index in [0.29, 0.717) is 17.9 Å². The summed E-state index contributed by atoms with van der Waals surface area (Å²) < 4.78 is 0. The molecule has 0 aliphatic carbocycles. The van der Waals surface area contributed by atoms with Gasteiger partial charge in [-0.05, 0) is 18.1 Å². The van der Waals surface area contributed by atoms with Gasteiger partial charge >= 0.3 is 0 Å². The highest BCUT2D eigenvalue weighted by molar-refractivity contribution is 6.31. The fourth-order valence-electron chi connectivity index (χ4n) is 2.18. The van der Waals surface area contributed by atoms with Crippen LogP contribution in [0.4, 0.5) is 0 Å². The molecule has 0 radical (unpaired) electrons. The summed E-state index contributed by atoms with van der Waals surface area (Å²) in [7, 11) is 0. The molecular formula is C16H17ClO. The number of rotatable bonds is 4. The van der Waals surface area contributed by atoms with Gasteiger partial charge in [-0.1, -0.05) is 67.1 Å². The highest BCUT2D eigenvalue weighted by Gasteiger charge is 2.29. The Morgan fingerprint density at radius 3 is 2.22 bits per heavy atom. The van der Waals surface area contributed by atoms with Crippen LogP contribution in [-0.2, 0) is 12.0 Å². The van der Waals surface area contributed by atoms with Gasteiger partial charge in [0, 0.05) is 17.0 Å². The normalized spacial score (nSPS) is 14.2. The summed E-state index contributed by atoms with van der Waals surface area (Å²) in [6.07, 6.45) is 1.21. The maximum atomic E-state index is 10.8. The maximum absolute atomic E-state index is 10.8. The molecule has 1 nitrogen and oxygen atoms in total. The average Bonchev–Trinajstić information content (AvgIpc) is 2.40. The lowest BCUT2D eigenvalue weighted by molar-refractivity contribution is 0.0328. The molecular weight excluding hydrogens is 244 g/mol. The van der Waals surface area contributed by atoms with E-state index in [1.807, 2.05) is 61.5 Å². The molecule has 0 aliphatic heterocycles. The molecule has 2 heteroatoms. The Labute approximate surface area is 113 Å². The van der Waals surface area contributed by atoms with Gasteiger partial charge in [0.25, 0.3) is 0 Å². The number of hydrogen-bond donors (Lipinski definition) is 1. The molecule has 0 aromatic heterocycles. The smallest absolute Gasteiger partial charge is 0.0948 e. The molecule has 0 amide bonds. The number of benzene rings is 2. The van der Waals surface area contributed by atoms with Gasteiger partial charge in [0.05, 0.1) is 5.60 Å². The minimum atomic E-state index is -0.903. The zero-order valence-corrected chi connectivity index (χ0v) is 11.2. The van der Waals surface area contributed by atoms with Gasteiger partial charge in [0.15, 0.2) is 0 Å². The van der Waals surface area contributed by atoms with E-state index in [2.05, 4.69) is 0 Å². The Morgan fingerprint density at radius 2 is 1.61 bits per heavy atom. The van der Waals surface area contributed by atoms with Crippen molar-refractivity contribution in [3.8, 4) is 0 Å². The first kappa shape index (κ1) is 13.1. The van der Waals surface area contributed by atoms with E-state index in [4.69, 9.17) is 11.6 Å². The molecule has 0 aliphatic rings. The molecule has 0 saturated carbocycles. The first-order chi connectivity index (χ1) is 8.65. The van der Waals surface area contributed by atoms with Gasteiger partial charge in [-0.2, -0.15) is 0 Å². The van der Waals surface area contributed by atoms with Crippen molar-refractivity contribution in [2.75, 3.05) is 0 Å². The first-order valence-electron chi connectivity index (χ1n) is 6.17. The van der Waals surface area contributed by atoms with E-state index in [1.165, 1.54) is 0 Å². The minimum Gasteiger partial charge on any atom is -0.385 e. The van der Waals surface area contributed by atoms with Crippen molar-refractivity contribution < 1.29 is 5.11 Å². The predicted molar refractivity (Wildman–Crippen MR) is 75.8 cm³/mol. The monoisotopic (exact) mass is 260 g/mol. The molecule has 2 aromatic carbocycles. The van der Waals surface area contributed by atoms with Crippen LogP contribution in [0.5, 0.6) is 0 Å². The third-order valence-electron chi connectivity index (χ3n) is 3.30. The van der Waals surface area contributed by atoms with E-state index in [0.717, 1.165) is 11.1 Å². The van der Waals surface area contributed by atoms with Crippen LogP contribution in [-0.4, -0.2) is 5.11 Å². The molecule has 2 rings (SSSR count). The predicted octanol–water partition coefficient (Wildman–Crippen LogP) is 4.18. The molecule has 0 heterocycles. The lowest BCUT2D eigenvalue weighted by atomic mass is 9.85. The van der Waals surface area contributed by atoms with Gasteiger partial charge in [0.2, 0.25) is 0 Å². The van der Waals surface area contributed by atoms with Crippen molar-refractivity contribution >= 4 is 11.6 Å². The van der Waals surface area contributed by atoms with Crippen LogP contribution in [0.25, 0.3) is 0 Å². The van der Waals surface area contributed by atoms with Crippen LogP contribution in [0, 0.1) is 0 Å². The highest BCUT2D eigenvalue weighted by atomic mass is 35.5. The van der Waals surface area contributed by atoms with Crippen LogP contribution >= 0.6 is 11.6 Å². The maximum Gasteiger partial charge on any atom is 0.0948 e. The second-order valence-corrected chi connectivity index (χ2v) is 4.93. The quantitative estimate of drug-likeness (QED) is 0.874. The fraction of sp³-hybridized carbons (Fsp3) is 0.250. The Hall–Kier alpha value is -1.31. The van der Waals surface area contributed by atoms with E-state index >= 15 is 0 Å². The standard InChI is InChI=1S/C16H17ClO/c1-2-16(18,12-13-8-4-3-5-9-13)14-10-6-7-11-15(14)17/h3-11,18H,2,12H2,1H3. The SMILES string of the molecule is CCC(O)(Cc1ccccc1)c1ccccc1Cl. The summed E-state index contributed by atoms with van der Waals surface area (Å²) in [5.74, 6) is 0. The lowest BCUT2D eigenvalue weighted by Crippen LogP contribution is -2.28. The third-order valence-corrected chi connectivity index (χ3v) is 3.63. The third kappa shape index (κ3) is 2.74. The Bertz CT molecular complexity index is 510. The minimum absolute atomic E-state index is 0.577. The highest BCUT2D eigenvalue weighted by Crippen LogP contribution is 2.33. The topological polar surface area (TPSA) is 20.2 Å². The molecule has 0 saturated heterocycles. The zero-order chi connectivity index (χ0) is 13.0. The Morgan fingerprint density at radius 1 is 1.00 bits per heavy atom. The van der Waals surface area contributed by atoms with E-state index in [9.17, 15) is 5.11 Å². The van der Waals surface area contributed by atoms with Crippen molar-refractivity contribution in [1.29, 1.82) is 0 Å². The zero-order valence-electron chi connectivity index (χ0n) is 10.4. The summed E-state index contributed by atoms with van der Waals surface area (Å²) >= 11 is 6.19. The van der Waals surface area contributed by atoms with Crippen molar-refractivity contribution in [3.63, 3.8) is 0 Å². The van der Waals surface area contributed by atoms with Crippen LogP contribution in [0.15, 0.2) is 54.6 Å². The molecule has 18 heavy (non-hydrogen) atoms. The molecule has 0 fully saturated rings. The number of aliphatic hydroxyl groups is 1. The van der Waals surface area contributed by atoms with E-state index < -0.39 is 5.60 Å². The molecule has 1 atom stereocenters. The van der Waals surface area contributed by atoms with Gasteiger partial charge in [0.1, 0.15) is 0 Å². The summed E-state index contributed by atoms with van der Waals surface area (Å²) in [5, 5.41) is 11.5. The van der Waals surface area contributed by atoms with Crippen LogP contribution in [0.3, 0.4) is 0 Å². The van der Waals surface area contributed by atoms with Gasteiger partial charge in [-0.3, -0.25) is 0 Å². The largest absolute Gasteiger partial charge is 0.385 e. The Balaban J connectivity index is 2.34. The van der Waals surface area contributed by atoms with Gasteiger partial charge < -0.3 is 5.11 Å². The summed E-state index contributed by atoms with van der Waals surface area (Å²) in [6, 6.07) is 17.5. The number of hydrogen-bond acceptors (Lipinski definition) is 1. The average molecular weight is 261 g/mol. The van der Waals surface area contributed by atoms with Crippen molar-refractivity contribution in [2.24, 2.45) is 0 Å². The van der Waals surface area contributed by atoms with Gasteiger partial charge in [-0.15, -0.1) is 0 Å². The lowest BCUT2D eigenvalue weighted by Gasteiger charge is -2.28. The van der Waals surface area contributed by atoms with E-state index in [1.54, 1.807) is 0 Å². The molecule has 1 N–H and O–H groups in total. The van der Waals surface area contributed by atoms with Crippen LogP contribution in [0.2, 0.25) is 5.02 Å². The molecule has 2 aromatic rings. The second kappa shape index (κ2) is 5.55. The van der Waals surface area contributed by atoms with Crippen LogP contribution in [0.1, 0.15) is 24.5 Å². The molecule has 1 unspecified atom stereocenters. The fourth-order valence-corrected chi connectivity index (χ4v) is 2.49. The Kier molecular flexibility index (Phi) is 4.05. The molecule has 0 spiro atoms. The molecule has 0 bridgehead atoms. The molecule has 94 valence electrons. The van der Waals surface area contributed by atoms with Crippen molar-refractivity contribution in [1.82, 2.24) is 0 Å². The van der Waals surface area contributed by atoms with Gasteiger partial charge in [-0.25, -0.2) is 0 Å². The van der Waals surface area contributed by atoms with Crippen molar-refractivity contribution in [2.45, 2.75) is 25.4 Å². The second-order valence-electron chi connectivity index (χ2n) is 4.53.